The Bertz CT molecular complexity index is 976. The van der Waals surface area contributed by atoms with Crippen LogP contribution in [0.1, 0.15) is 31.2 Å². The maximum absolute atomic E-state index is 13.1. The summed E-state index contributed by atoms with van der Waals surface area (Å²) in [5.41, 5.74) is 1.28. The van der Waals surface area contributed by atoms with Gasteiger partial charge in [0.2, 0.25) is 11.7 Å². The Morgan fingerprint density at radius 3 is 2.82 bits per heavy atom. The molecule has 0 aliphatic carbocycles. The van der Waals surface area contributed by atoms with Crippen LogP contribution in [0.5, 0.6) is 0 Å². The number of hydrogen-bond donors (Lipinski definition) is 1. The summed E-state index contributed by atoms with van der Waals surface area (Å²) in [6.45, 7) is 0.589. The van der Waals surface area contributed by atoms with Crippen molar-refractivity contribution in [3.05, 3.63) is 65.3 Å². The number of rotatable bonds is 3. The molecule has 0 saturated carbocycles. The summed E-state index contributed by atoms with van der Waals surface area (Å²) in [7, 11) is 0. The van der Waals surface area contributed by atoms with E-state index in [0.717, 1.165) is 19.3 Å². The van der Waals surface area contributed by atoms with Crippen LogP contribution >= 0.6 is 11.6 Å². The number of benzene rings is 2. The third-order valence-corrected chi connectivity index (χ3v) is 4.90. The quantitative estimate of drug-likeness (QED) is 0.648. The largest absolute Gasteiger partial charge is 0.337 e. The molecule has 2 aromatic carbocycles. The Morgan fingerprint density at radius 2 is 2.04 bits per heavy atom. The third-order valence-electron chi connectivity index (χ3n) is 4.67. The van der Waals surface area contributed by atoms with Crippen LogP contribution in [-0.4, -0.2) is 27.6 Å². The van der Waals surface area contributed by atoms with Gasteiger partial charge in [-0.1, -0.05) is 22.8 Å². The van der Waals surface area contributed by atoms with Gasteiger partial charge in [0.05, 0.1) is 0 Å². The number of anilines is 1. The van der Waals surface area contributed by atoms with Crippen molar-refractivity contribution in [2.24, 2.45) is 0 Å². The number of carbonyl (C=O) groups is 1. The SMILES string of the molecule is O=C(Nc1cccc(Cl)c1)N1CCCC[C@@H]1c1nc(-c2ccc(F)cc2)no1. The average molecular weight is 401 g/mol. The molecular formula is C20H18ClFN4O2. The molecule has 8 heteroatoms. The summed E-state index contributed by atoms with van der Waals surface area (Å²) in [5, 5.41) is 7.41. The van der Waals surface area contributed by atoms with E-state index >= 15 is 0 Å². The van der Waals surface area contributed by atoms with Crippen LogP contribution < -0.4 is 5.32 Å². The molecule has 1 aliphatic rings. The van der Waals surface area contributed by atoms with E-state index in [1.807, 2.05) is 0 Å². The molecule has 1 aromatic heterocycles. The van der Waals surface area contributed by atoms with Gasteiger partial charge in [0.1, 0.15) is 11.9 Å². The first kappa shape index (κ1) is 18.4. The summed E-state index contributed by atoms with van der Waals surface area (Å²) >= 11 is 5.99. The van der Waals surface area contributed by atoms with E-state index in [-0.39, 0.29) is 17.9 Å². The van der Waals surface area contributed by atoms with Gasteiger partial charge in [-0.3, -0.25) is 0 Å². The average Bonchev–Trinajstić information content (AvgIpc) is 3.18. The number of amides is 2. The fourth-order valence-corrected chi connectivity index (χ4v) is 3.47. The summed E-state index contributed by atoms with van der Waals surface area (Å²) in [6, 6.07) is 12.3. The number of halogens is 2. The zero-order chi connectivity index (χ0) is 19.5. The van der Waals surface area contributed by atoms with Gasteiger partial charge in [-0.25, -0.2) is 9.18 Å². The molecular weight excluding hydrogens is 383 g/mol. The Kier molecular flexibility index (Phi) is 5.25. The fraction of sp³-hybridized carbons (Fsp3) is 0.250. The Labute approximate surface area is 166 Å². The molecule has 1 atom stereocenters. The Balaban J connectivity index is 1.54. The molecule has 3 aromatic rings. The van der Waals surface area contributed by atoms with E-state index in [4.69, 9.17) is 16.1 Å². The minimum absolute atomic E-state index is 0.242. The number of nitrogens with one attached hydrogen (secondary N) is 1. The molecule has 1 fully saturated rings. The molecule has 1 N–H and O–H groups in total. The van der Waals surface area contributed by atoms with E-state index in [0.29, 0.717) is 34.5 Å². The predicted molar refractivity (Wildman–Crippen MR) is 103 cm³/mol. The number of likely N-dealkylation sites (tertiary alicyclic amines) is 1. The normalized spacial score (nSPS) is 16.8. The zero-order valence-electron chi connectivity index (χ0n) is 14.9. The van der Waals surface area contributed by atoms with Gasteiger partial charge in [-0.15, -0.1) is 0 Å². The molecule has 0 unspecified atom stereocenters. The molecule has 0 radical (unpaired) electrons. The molecule has 2 amide bonds. The van der Waals surface area contributed by atoms with Crippen LogP contribution in [0, 0.1) is 5.82 Å². The van der Waals surface area contributed by atoms with Gasteiger partial charge >= 0.3 is 6.03 Å². The molecule has 28 heavy (non-hydrogen) atoms. The fourth-order valence-electron chi connectivity index (χ4n) is 3.28. The Morgan fingerprint density at radius 1 is 1.21 bits per heavy atom. The number of urea groups is 1. The first-order chi connectivity index (χ1) is 13.6. The van der Waals surface area contributed by atoms with Crippen molar-refractivity contribution >= 4 is 23.3 Å². The van der Waals surface area contributed by atoms with Crippen molar-refractivity contribution in [2.75, 3.05) is 11.9 Å². The molecule has 144 valence electrons. The lowest BCUT2D eigenvalue weighted by atomic mass is 10.0. The summed E-state index contributed by atoms with van der Waals surface area (Å²) in [6.07, 6.45) is 2.59. The highest BCUT2D eigenvalue weighted by atomic mass is 35.5. The molecule has 2 heterocycles. The molecule has 0 bridgehead atoms. The highest BCUT2D eigenvalue weighted by molar-refractivity contribution is 6.30. The maximum atomic E-state index is 13.1. The van der Waals surface area contributed by atoms with Crippen molar-refractivity contribution < 1.29 is 13.7 Å². The van der Waals surface area contributed by atoms with E-state index in [9.17, 15) is 9.18 Å². The van der Waals surface area contributed by atoms with Crippen LogP contribution in [0.2, 0.25) is 5.02 Å². The van der Waals surface area contributed by atoms with Crippen LogP contribution in [0.15, 0.2) is 53.1 Å². The van der Waals surface area contributed by atoms with Gasteiger partial charge in [0.25, 0.3) is 0 Å². The minimum atomic E-state index is -0.330. The number of hydrogen-bond acceptors (Lipinski definition) is 4. The minimum Gasteiger partial charge on any atom is -0.337 e. The smallest absolute Gasteiger partial charge is 0.322 e. The van der Waals surface area contributed by atoms with Crippen LogP contribution in [0.3, 0.4) is 0 Å². The highest BCUT2D eigenvalue weighted by Gasteiger charge is 2.32. The topological polar surface area (TPSA) is 71.3 Å². The van der Waals surface area contributed by atoms with Gasteiger partial charge in [0.15, 0.2) is 0 Å². The lowest BCUT2D eigenvalue weighted by Gasteiger charge is -2.33. The summed E-state index contributed by atoms with van der Waals surface area (Å²) in [5.74, 6) is 0.416. The van der Waals surface area contributed by atoms with Crippen LogP contribution in [0.25, 0.3) is 11.4 Å². The number of carbonyl (C=O) groups excluding carboxylic acids is 1. The monoisotopic (exact) mass is 400 g/mol. The van der Waals surface area contributed by atoms with Crippen molar-refractivity contribution in [3.8, 4) is 11.4 Å². The van der Waals surface area contributed by atoms with Crippen LogP contribution in [-0.2, 0) is 0 Å². The van der Waals surface area contributed by atoms with E-state index in [1.165, 1.54) is 12.1 Å². The second-order valence-electron chi connectivity index (χ2n) is 6.61. The second-order valence-corrected chi connectivity index (χ2v) is 7.05. The van der Waals surface area contributed by atoms with Gasteiger partial charge in [-0.05, 0) is 61.7 Å². The van der Waals surface area contributed by atoms with Gasteiger partial charge in [-0.2, -0.15) is 4.98 Å². The lowest BCUT2D eigenvalue weighted by molar-refractivity contribution is 0.142. The third kappa shape index (κ3) is 3.99. The Hall–Kier alpha value is -2.93. The lowest BCUT2D eigenvalue weighted by Crippen LogP contribution is -2.41. The zero-order valence-corrected chi connectivity index (χ0v) is 15.7. The summed E-state index contributed by atoms with van der Waals surface area (Å²) < 4.78 is 18.6. The molecule has 6 nitrogen and oxygen atoms in total. The number of nitrogens with zero attached hydrogens (tertiary/aromatic N) is 3. The molecule has 4 rings (SSSR count). The van der Waals surface area contributed by atoms with Crippen molar-refractivity contribution in [2.45, 2.75) is 25.3 Å². The maximum Gasteiger partial charge on any atom is 0.322 e. The van der Waals surface area contributed by atoms with Gasteiger partial charge in [0, 0.05) is 22.8 Å². The van der Waals surface area contributed by atoms with Crippen molar-refractivity contribution in [1.29, 1.82) is 0 Å². The second kappa shape index (κ2) is 7.98. The first-order valence-electron chi connectivity index (χ1n) is 9.03. The van der Waals surface area contributed by atoms with Crippen molar-refractivity contribution in [3.63, 3.8) is 0 Å². The van der Waals surface area contributed by atoms with Gasteiger partial charge < -0.3 is 14.7 Å². The highest BCUT2D eigenvalue weighted by Crippen LogP contribution is 2.32. The standard InChI is InChI=1S/C20H18ClFN4O2/c21-14-4-3-5-16(12-14)23-20(27)26-11-2-1-6-17(26)19-24-18(25-28-19)13-7-9-15(22)10-8-13/h3-5,7-10,12,17H,1-2,6,11H2,(H,23,27)/t17-/m1/s1. The first-order valence-corrected chi connectivity index (χ1v) is 9.41. The summed E-state index contributed by atoms with van der Waals surface area (Å²) in [4.78, 5) is 19.0. The van der Waals surface area contributed by atoms with E-state index in [2.05, 4.69) is 15.5 Å². The predicted octanol–water partition coefficient (Wildman–Crippen LogP) is 5.29. The molecule has 0 spiro atoms. The van der Waals surface area contributed by atoms with E-state index < -0.39 is 0 Å². The van der Waals surface area contributed by atoms with Crippen LogP contribution in [0.4, 0.5) is 14.9 Å². The van der Waals surface area contributed by atoms with Crippen molar-refractivity contribution in [1.82, 2.24) is 15.0 Å². The van der Waals surface area contributed by atoms with E-state index in [1.54, 1.807) is 41.3 Å². The molecule has 1 saturated heterocycles. The molecule has 1 aliphatic heterocycles. The number of piperidine rings is 1. The number of aromatic nitrogens is 2.